The number of ketones is 1. The highest BCUT2D eigenvalue weighted by molar-refractivity contribution is 5.90. The fourth-order valence-corrected chi connectivity index (χ4v) is 3.26. The molecule has 4 N–H and O–H groups in total. The molecule has 0 aromatic heterocycles. The van der Waals surface area contributed by atoms with Crippen molar-refractivity contribution in [1.29, 1.82) is 0 Å². The Morgan fingerprint density at radius 1 is 1.21 bits per heavy atom. The molecule has 1 fully saturated rings. The lowest BCUT2D eigenvalue weighted by Crippen LogP contribution is -2.57. The lowest BCUT2D eigenvalue weighted by Gasteiger charge is -2.29. The third kappa shape index (κ3) is 6.86. The molecule has 0 heterocycles. The van der Waals surface area contributed by atoms with Crippen LogP contribution in [0.2, 0.25) is 0 Å². The van der Waals surface area contributed by atoms with Crippen molar-refractivity contribution < 1.29 is 34.1 Å². The van der Waals surface area contributed by atoms with E-state index in [1.165, 1.54) is 6.92 Å². The summed E-state index contributed by atoms with van der Waals surface area (Å²) < 4.78 is 5.04. The minimum atomic E-state index is -1.40. The lowest BCUT2D eigenvalue weighted by molar-refractivity contribution is -0.145. The van der Waals surface area contributed by atoms with E-state index >= 15 is 0 Å². The molecule has 0 aliphatic heterocycles. The molecule has 4 atom stereocenters. The van der Waals surface area contributed by atoms with Gasteiger partial charge in [-0.15, -0.1) is 0 Å². The van der Waals surface area contributed by atoms with Gasteiger partial charge in [0.05, 0.1) is 6.10 Å². The number of hydrogen-bond acceptors (Lipinski definition) is 6. The molecule has 2 rings (SSSR count). The molecule has 0 spiro atoms. The van der Waals surface area contributed by atoms with Gasteiger partial charge in [-0.2, -0.15) is 0 Å². The second-order valence-electron chi connectivity index (χ2n) is 7.14. The van der Waals surface area contributed by atoms with Crippen molar-refractivity contribution >= 4 is 23.8 Å². The largest absolute Gasteiger partial charge is 0.480 e. The highest BCUT2D eigenvalue weighted by Gasteiger charge is 2.36. The van der Waals surface area contributed by atoms with Crippen LogP contribution < -0.4 is 10.6 Å². The van der Waals surface area contributed by atoms with Crippen molar-refractivity contribution in [3.63, 3.8) is 0 Å². The minimum absolute atomic E-state index is 0.0250. The van der Waals surface area contributed by atoms with Gasteiger partial charge in [-0.05, 0) is 31.2 Å². The van der Waals surface area contributed by atoms with Gasteiger partial charge in [0.2, 0.25) is 5.91 Å². The van der Waals surface area contributed by atoms with Crippen LogP contribution in [0.5, 0.6) is 0 Å². The number of aliphatic hydroxyl groups excluding tert-OH is 1. The van der Waals surface area contributed by atoms with Crippen molar-refractivity contribution in [1.82, 2.24) is 10.6 Å². The number of carbonyl (C=O) groups excluding carboxylic acids is 3. The maximum atomic E-state index is 12.5. The van der Waals surface area contributed by atoms with Gasteiger partial charge in [-0.3, -0.25) is 9.59 Å². The molecule has 158 valence electrons. The molecule has 29 heavy (non-hydrogen) atoms. The Labute approximate surface area is 168 Å². The highest BCUT2D eigenvalue weighted by atomic mass is 16.5. The van der Waals surface area contributed by atoms with Gasteiger partial charge in [0.25, 0.3) is 0 Å². The summed E-state index contributed by atoms with van der Waals surface area (Å²) in [6, 6.07) is 6.21. The molecule has 0 unspecified atom stereocenters. The van der Waals surface area contributed by atoms with E-state index in [1.807, 2.05) is 6.07 Å². The zero-order valence-corrected chi connectivity index (χ0v) is 16.2. The van der Waals surface area contributed by atoms with Gasteiger partial charge in [-0.25, -0.2) is 9.59 Å². The van der Waals surface area contributed by atoms with Crippen molar-refractivity contribution in [3.8, 4) is 0 Å². The van der Waals surface area contributed by atoms with E-state index in [-0.39, 0.29) is 18.8 Å². The van der Waals surface area contributed by atoms with Gasteiger partial charge in [-0.1, -0.05) is 30.3 Å². The Kier molecular flexibility index (Phi) is 8.14. The summed E-state index contributed by atoms with van der Waals surface area (Å²) in [6.45, 7) is 1.27. The molecule has 1 aromatic rings. The molecular weight excluding hydrogens is 380 g/mol. The van der Waals surface area contributed by atoms with Crippen LogP contribution >= 0.6 is 0 Å². The SMILES string of the molecule is C[C@@H](O)[C@H](NC(=O)OCc1ccccc1)C(=O)N[C@@H](C(=O)O)[C@H]1CCCC(=O)C1. The highest BCUT2D eigenvalue weighted by Crippen LogP contribution is 2.24. The Morgan fingerprint density at radius 3 is 2.48 bits per heavy atom. The van der Waals surface area contributed by atoms with Crippen LogP contribution in [-0.4, -0.2) is 52.2 Å². The molecule has 1 aromatic carbocycles. The summed E-state index contributed by atoms with van der Waals surface area (Å²) >= 11 is 0. The summed E-state index contributed by atoms with van der Waals surface area (Å²) in [5.74, 6) is -2.70. The predicted molar refractivity (Wildman–Crippen MR) is 102 cm³/mol. The summed E-state index contributed by atoms with van der Waals surface area (Å²) in [5.41, 5.74) is 0.744. The average molecular weight is 406 g/mol. The molecule has 0 saturated heterocycles. The van der Waals surface area contributed by atoms with Crippen molar-refractivity contribution in [3.05, 3.63) is 35.9 Å². The molecule has 9 nitrogen and oxygen atoms in total. The third-order valence-electron chi connectivity index (χ3n) is 4.81. The molecule has 2 amide bonds. The van der Waals surface area contributed by atoms with E-state index < -0.39 is 42.1 Å². The number of ether oxygens (including phenoxy) is 1. The number of aliphatic carboxylic acids is 1. The third-order valence-corrected chi connectivity index (χ3v) is 4.81. The summed E-state index contributed by atoms with van der Waals surface area (Å²) in [7, 11) is 0. The number of aliphatic hydroxyl groups is 1. The fraction of sp³-hybridized carbons (Fsp3) is 0.500. The van der Waals surface area contributed by atoms with Crippen LogP contribution in [0.25, 0.3) is 0 Å². The number of carbonyl (C=O) groups is 4. The Hall–Kier alpha value is -2.94. The smallest absolute Gasteiger partial charge is 0.408 e. The summed E-state index contributed by atoms with van der Waals surface area (Å²) in [4.78, 5) is 47.8. The number of rotatable bonds is 8. The molecule has 0 bridgehead atoms. The monoisotopic (exact) mass is 406 g/mol. The molecule has 1 aliphatic carbocycles. The average Bonchev–Trinajstić information content (AvgIpc) is 2.68. The number of amides is 2. The Morgan fingerprint density at radius 2 is 1.90 bits per heavy atom. The van der Waals surface area contributed by atoms with E-state index in [4.69, 9.17) is 4.74 Å². The van der Waals surface area contributed by atoms with E-state index in [2.05, 4.69) is 10.6 Å². The van der Waals surface area contributed by atoms with Crippen LogP contribution in [0.3, 0.4) is 0 Å². The second-order valence-corrected chi connectivity index (χ2v) is 7.14. The van der Waals surface area contributed by atoms with E-state index in [0.717, 1.165) is 5.56 Å². The van der Waals surface area contributed by atoms with Crippen molar-refractivity contribution in [2.24, 2.45) is 5.92 Å². The number of carboxylic acid groups (broad SMARTS) is 1. The fourth-order valence-electron chi connectivity index (χ4n) is 3.26. The zero-order valence-electron chi connectivity index (χ0n) is 16.2. The number of carboxylic acids is 1. The first-order valence-corrected chi connectivity index (χ1v) is 9.48. The van der Waals surface area contributed by atoms with Crippen LogP contribution in [0.15, 0.2) is 30.3 Å². The summed E-state index contributed by atoms with van der Waals surface area (Å²) in [6.07, 6.45) is -0.677. The van der Waals surface area contributed by atoms with Crippen molar-refractivity contribution in [2.75, 3.05) is 0 Å². The van der Waals surface area contributed by atoms with E-state index in [1.54, 1.807) is 24.3 Å². The minimum Gasteiger partial charge on any atom is -0.480 e. The van der Waals surface area contributed by atoms with Gasteiger partial charge < -0.3 is 25.6 Å². The molecule has 9 heteroatoms. The standard InChI is InChI=1S/C20H26N2O7/c1-12(23)16(22-20(28)29-11-13-6-3-2-4-7-13)18(25)21-17(19(26)27)14-8-5-9-15(24)10-14/h2-4,6-7,12,14,16-17,23H,5,8-11H2,1H3,(H,21,25)(H,22,28)(H,26,27)/t12-,14+,16+,17-/m1/s1. The van der Waals surface area contributed by atoms with Crippen LogP contribution in [-0.2, 0) is 25.7 Å². The van der Waals surface area contributed by atoms with Gasteiger partial charge in [0, 0.05) is 12.8 Å². The molecule has 0 radical (unpaired) electrons. The molecule has 1 saturated carbocycles. The number of hydrogen-bond donors (Lipinski definition) is 4. The summed E-state index contributed by atoms with van der Waals surface area (Å²) in [5, 5.41) is 24.0. The quantitative estimate of drug-likeness (QED) is 0.504. The van der Waals surface area contributed by atoms with Gasteiger partial charge in [0.1, 0.15) is 24.5 Å². The van der Waals surface area contributed by atoms with E-state index in [0.29, 0.717) is 19.3 Å². The number of alkyl carbamates (subject to hydrolysis) is 1. The maximum Gasteiger partial charge on any atom is 0.408 e. The number of benzene rings is 1. The van der Waals surface area contributed by atoms with Crippen LogP contribution in [0.4, 0.5) is 4.79 Å². The topological polar surface area (TPSA) is 142 Å². The number of nitrogens with one attached hydrogen (secondary N) is 2. The first kappa shape index (κ1) is 22.4. The van der Waals surface area contributed by atoms with Gasteiger partial charge in [0.15, 0.2) is 0 Å². The zero-order chi connectivity index (χ0) is 21.4. The second kappa shape index (κ2) is 10.6. The van der Waals surface area contributed by atoms with Crippen LogP contribution in [0, 0.1) is 5.92 Å². The van der Waals surface area contributed by atoms with Crippen LogP contribution in [0.1, 0.15) is 38.2 Å². The normalized spacial score (nSPS) is 19.5. The Balaban J connectivity index is 1.96. The van der Waals surface area contributed by atoms with Crippen molar-refractivity contribution in [2.45, 2.75) is 57.4 Å². The molecular formula is C20H26N2O7. The Bertz CT molecular complexity index is 736. The first-order chi connectivity index (χ1) is 13.8. The predicted octanol–water partition coefficient (Wildman–Crippen LogP) is 0.991. The van der Waals surface area contributed by atoms with E-state index in [9.17, 15) is 29.4 Å². The lowest BCUT2D eigenvalue weighted by atomic mass is 9.83. The first-order valence-electron chi connectivity index (χ1n) is 9.48. The maximum absolute atomic E-state index is 12.5. The number of Topliss-reactive ketones (excluding diaryl/α,β-unsaturated/α-hetero) is 1. The molecule has 1 aliphatic rings. The van der Waals surface area contributed by atoms with Gasteiger partial charge >= 0.3 is 12.1 Å².